The van der Waals surface area contributed by atoms with Gasteiger partial charge in [0.05, 0.1) is 0 Å². The van der Waals surface area contributed by atoms with Crippen molar-refractivity contribution < 1.29 is 17.6 Å². The van der Waals surface area contributed by atoms with Crippen LogP contribution in [0.4, 0.5) is 17.6 Å². The molecule has 0 amide bonds. The first-order chi connectivity index (χ1) is 8.87. The van der Waals surface area contributed by atoms with Crippen molar-refractivity contribution in [1.29, 1.82) is 0 Å². The van der Waals surface area contributed by atoms with E-state index in [0.717, 1.165) is 6.07 Å². The van der Waals surface area contributed by atoms with Crippen LogP contribution in [0.15, 0.2) is 18.2 Å². The first-order valence-corrected chi connectivity index (χ1v) is 6.77. The second kappa shape index (κ2) is 5.70. The van der Waals surface area contributed by atoms with E-state index in [1.807, 2.05) is 0 Å². The van der Waals surface area contributed by atoms with Crippen molar-refractivity contribution >= 4 is 11.6 Å². The van der Waals surface area contributed by atoms with Crippen molar-refractivity contribution in [2.75, 3.05) is 0 Å². The molecule has 1 aliphatic rings. The number of alkyl halides is 3. The van der Waals surface area contributed by atoms with E-state index in [1.165, 1.54) is 12.1 Å². The van der Waals surface area contributed by atoms with Gasteiger partial charge in [-0.25, -0.2) is 17.6 Å². The van der Waals surface area contributed by atoms with Crippen LogP contribution in [0, 0.1) is 17.6 Å². The van der Waals surface area contributed by atoms with E-state index >= 15 is 0 Å². The van der Waals surface area contributed by atoms with E-state index in [4.69, 9.17) is 11.6 Å². The SMILES string of the molecule is Fc1ccc(CC(Cl)C2CCC(F)(F)CC2)c(F)c1. The normalized spacial score (nSPS) is 21.3. The van der Waals surface area contributed by atoms with Crippen LogP contribution in [-0.2, 0) is 6.42 Å². The number of rotatable bonds is 3. The van der Waals surface area contributed by atoms with E-state index in [2.05, 4.69) is 0 Å². The fourth-order valence-corrected chi connectivity index (χ4v) is 2.91. The van der Waals surface area contributed by atoms with E-state index in [0.29, 0.717) is 18.4 Å². The zero-order valence-electron chi connectivity index (χ0n) is 10.3. The summed E-state index contributed by atoms with van der Waals surface area (Å²) >= 11 is 6.19. The molecule has 5 heteroatoms. The average molecular weight is 295 g/mol. The van der Waals surface area contributed by atoms with Crippen molar-refractivity contribution in [2.24, 2.45) is 5.92 Å². The highest BCUT2D eigenvalue weighted by atomic mass is 35.5. The van der Waals surface area contributed by atoms with Gasteiger partial charge in [0.15, 0.2) is 0 Å². The van der Waals surface area contributed by atoms with Gasteiger partial charge in [-0.2, -0.15) is 0 Å². The number of halogens is 5. The summed E-state index contributed by atoms with van der Waals surface area (Å²) < 4.78 is 52.3. The molecule has 0 N–H and O–H groups in total. The van der Waals surface area contributed by atoms with E-state index in [1.54, 1.807) is 0 Å². The summed E-state index contributed by atoms with van der Waals surface area (Å²) in [5, 5.41) is -0.393. The summed E-state index contributed by atoms with van der Waals surface area (Å²) in [6, 6.07) is 3.35. The Kier molecular flexibility index (Phi) is 4.39. The van der Waals surface area contributed by atoms with Crippen LogP contribution in [0.25, 0.3) is 0 Å². The molecule has 0 spiro atoms. The summed E-state index contributed by atoms with van der Waals surface area (Å²) in [4.78, 5) is 0. The van der Waals surface area contributed by atoms with Crippen LogP contribution < -0.4 is 0 Å². The zero-order chi connectivity index (χ0) is 14.0. The molecule has 1 aromatic carbocycles. The van der Waals surface area contributed by atoms with E-state index in [-0.39, 0.29) is 25.2 Å². The predicted molar refractivity (Wildman–Crippen MR) is 66.6 cm³/mol. The zero-order valence-corrected chi connectivity index (χ0v) is 11.1. The summed E-state index contributed by atoms with van der Waals surface area (Å²) in [5.41, 5.74) is 0.332. The molecule has 1 aromatic rings. The molecule has 0 heterocycles. The summed E-state index contributed by atoms with van der Waals surface area (Å²) in [7, 11) is 0. The number of benzene rings is 1. The summed E-state index contributed by atoms with van der Waals surface area (Å²) in [6.07, 6.45) is 0.622. The lowest BCUT2D eigenvalue weighted by Crippen LogP contribution is -2.29. The maximum Gasteiger partial charge on any atom is 0.248 e. The minimum absolute atomic E-state index is 0.0363. The lowest BCUT2D eigenvalue weighted by molar-refractivity contribution is -0.0460. The second-order valence-corrected chi connectivity index (χ2v) is 5.71. The molecular weight excluding hydrogens is 280 g/mol. The van der Waals surface area contributed by atoms with Crippen molar-refractivity contribution in [2.45, 2.75) is 43.4 Å². The van der Waals surface area contributed by atoms with Gasteiger partial charge < -0.3 is 0 Å². The van der Waals surface area contributed by atoms with Gasteiger partial charge in [0, 0.05) is 24.3 Å². The van der Waals surface area contributed by atoms with Crippen molar-refractivity contribution in [3.63, 3.8) is 0 Å². The third-order valence-electron chi connectivity index (χ3n) is 3.70. The number of hydrogen-bond acceptors (Lipinski definition) is 0. The van der Waals surface area contributed by atoms with Gasteiger partial charge in [-0.05, 0) is 36.8 Å². The van der Waals surface area contributed by atoms with Crippen LogP contribution >= 0.6 is 11.6 Å². The Balaban J connectivity index is 1.96. The summed E-state index contributed by atoms with van der Waals surface area (Å²) in [6.45, 7) is 0. The molecule has 1 aliphatic carbocycles. The van der Waals surface area contributed by atoms with Crippen LogP contribution in [0.2, 0.25) is 0 Å². The Morgan fingerprint density at radius 3 is 2.42 bits per heavy atom. The Morgan fingerprint density at radius 2 is 1.84 bits per heavy atom. The lowest BCUT2D eigenvalue weighted by Gasteiger charge is -2.31. The maximum atomic E-state index is 13.5. The third kappa shape index (κ3) is 3.85. The van der Waals surface area contributed by atoms with E-state index < -0.39 is 22.9 Å². The Hall–Kier alpha value is -0.770. The van der Waals surface area contributed by atoms with Crippen LogP contribution in [0.1, 0.15) is 31.2 Å². The molecule has 0 aliphatic heterocycles. The molecule has 0 bridgehead atoms. The minimum Gasteiger partial charge on any atom is -0.207 e. The predicted octanol–water partition coefficient (Wildman–Crippen LogP) is 4.94. The Morgan fingerprint density at radius 1 is 1.21 bits per heavy atom. The monoisotopic (exact) mass is 294 g/mol. The molecule has 1 unspecified atom stereocenters. The molecule has 106 valence electrons. The highest BCUT2D eigenvalue weighted by Crippen LogP contribution is 2.39. The summed E-state index contributed by atoms with van der Waals surface area (Å²) in [5.74, 6) is -3.89. The van der Waals surface area contributed by atoms with Crippen molar-refractivity contribution in [3.8, 4) is 0 Å². The topological polar surface area (TPSA) is 0 Å². The molecule has 0 aromatic heterocycles. The van der Waals surface area contributed by atoms with Crippen LogP contribution in [0.5, 0.6) is 0 Å². The smallest absolute Gasteiger partial charge is 0.207 e. The fourth-order valence-electron chi connectivity index (χ4n) is 2.49. The van der Waals surface area contributed by atoms with Crippen molar-refractivity contribution in [1.82, 2.24) is 0 Å². The molecule has 0 saturated heterocycles. The molecule has 1 atom stereocenters. The van der Waals surface area contributed by atoms with Gasteiger partial charge in [-0.1, -0.05) is 6.07 Å². The molecular formula is C14H15ClF4. The Labute approximate surface area is 114 Å². The molecule has 0 radical (unpaired) electrons. The lowest BCUT2D eigenvalue weighted by atomic mass is 9.83. The van der Waals surface area contributed by atoms with Gasteiger partial charge in [0.2, 0.25) is 5.92 Å². The quantitative estimate of drug-likeness (QED) is 0.547. The molecule has 2 rings (SSSR count). The Bertz CT molecular complexity index is 437. The minimum atomic E-state index is -2.59. The third-order valence-corrected chi connectivity index (χ3v) is 4.21. The van der Waals surface area contributed by atoms with Crippen molar-refractivity contribution in [3.05, 3.63) is 35.4 Å². The first kappa shape index (κ1) is 14.6. The largest absolute Gasteiger partial charge is 0.248 e. The second-order valence-electron chi connectivity index (χ2n) is 5.15. The molecule has 1 saturated carbocycles. The first-order valence-electron chi connectivity index (χ1n) is 6.33. The van der Waals surface area contributed by atoms with Gasteiger partial charge in [0.25, 0.3) is 0 Å². The van der Waals surface area contributed by atoms with Crippen LogP contribution in [0.3, 0.4) is 0 Å². The van der Waals surface area contributed by atoms with Crippen LogP contribution in [-0.4, -0.2) is 11.3 Å². The van der Waals surface area contributed by atoms with E-state index in [9.17, 15) is 17.6 Å². The molecule has 19 heavy (non-hydrogen) atoms. The standard InChI is InChI=1S/C14H15ClF4/c15-12(9-3-5-14(18,19)6-4-9)7-10-1-2-11(16)8-13(10)17/h1-2,8-9,12H,3-7H2. The highest BCUT2D eigenvalue weighted by molar-refractivity contribution is 6.20. The number of hydrogen-bond donors (Lipinski definition) is 0. The van der Waals surface area contributed by atoms with Gasteiger partial charge >= 0.3 is 0 Å². The maximum absolute atomic E-state index is 13.5. The molecule has 1 fully saturated rings. The average Bonchev–Trinajstić information content (AvgIpc) is 2.32. The fraction of sp³-hybridized carbons (Fsp3) is 0.571. The highest BCUT2D eigenvalue weighted by Gasteiger charge is 2.37. The van der Waals surface area contributed by atoms with Gasteiger partial charge in [-0.15, -0.1) is 11.6 Å². The van der Waals surface area contributed by atoms with Gasteiger partial charge in [-0.3, -0.25) is 0 Å². The van der Waals surface area contributed by atoms with Gasteiger partial charge in [0.1, 0.15) is 11.6 Å². The molecule has 0 nitrogen and oxygen atoms in total.